The van der Waals surface area contributed by atoms with Crippen molar-refractivity contribution in [2.24, 2.45) is 0 Å². The smallest absolute Gasteiger partial charge is 0.316 e. The lowest BCUT2D eigenvalue weighted by Gasteiger charge is -2.33. The maximum Gasteiger partial charge on any atom is 0.316 e. The van der Waals surface area contributed by atoms with Gasteiger partial charge in [0.25, 0.3) is 0 Å². The second-order valence-electron chi connectivity index (χ2n) is 6.55. The summed E-state index contributed by atoms with van der Waals surface area (Å²) in [6.45, 7) is 1.51. The molecule has 0 aliphatic carbocycles. The Morgan fingerprint density at radius 2 is 1.64 bits per heavy atom. The molecular formula is C20H18FN5O2. The standard InChI is InChI=1S/C20H18FN5O2/c21-16-6-8-18(9-7-16)26-11-10-24(19(27)20(26)28)13-17-14-25(23-22-17)12-15-4-2-1-3-5-15/h1-9,14H,10-13H2. The van der Waals surface area contributed by atoms with Gasteiger partial charge in [-0.1, -0.05) is 35.5 Å². The molecule has 0 radical (unpaired) electrons. The van der Waals surface area contributed by atoms with Crippen molar-refractivity contribution >= 4 is 17.5 Å². The minimum Gasteiger partial charge on any atom is -0.327 e. The largest absolute Gasteiger partial charge is 0.327 e. The molecule has 142 valence electrons. The number of aromatic nitrogens is 3. The molecule has 2 heterocycles. The van der Waals surface area contributed by atoms with E-state index in [1.54, 1.807) is 10.9 Å². The first-order chi connectivity index (χ1) is 13.6. The summed E-state index contributed by atoms with van der Waals surface area (Å²) in [5.74, 6) is -1.62. The van der Waals surface area contributed by atoms with E-state index in [9.17, 15) is 14.0 Å². The highest BCUT2D eigenvalue weighted by atomic mass is 19.1. The van der Waals surface area contributed by atoms with E-state index in [0.717, 1.165) is 5.56 Å². The quantitative estimate of drug-likeness (QED) is 0.635. The molecule has 1 aromatic heterocycles. The van der Waals surface area contributed by atoms with Gasteiger partial charge in [0.2, 0.25) is 0 Å². The van der Waals surface area contributed by atoms with Crippen molar-refractivity contribution in [3.63, 3.8) is 0 Å². The van der Waals surface area contributed by atoms with Crippen molar-refractivity contribution in [3.8, 4) is 0 Å². The van der Waals surface area contributed by atoms with Crippen molar-refractivity contribution in [3.05, 3.63) is 77.9 Å². The van der Waals surface area contributed by atoms with Gasteiger partial charge in [-0.15, -0.1) is 5.10 Å². The molecule has 0 N–H and O–H groups in total. The highest BCUT2D eigenvalue weighted by Gasteiger charge is 2.33. The number of piperazine rings is 1. The first-order valence-electron chi connectivity index (χ1n) is 8.89. The van der Waals surface area contributed by atoms with Gasteiger partial charge < -0.3 is 9.80 Å². The molecule has 1 fully saturated rings. The Bertz CT molecular complexity index is 987. The topological polar surface area (TPSA) is 71.3 Å². The fraction of sp³-hybridized carbons (Fsp3) is 0.200. The second kappa shape index (κ2) is 7.59. The monoisotopic (exact) mass is 379 g/mol. The third-order valence-electron chi connectivity index (χ3n) is 4.57. The van der Waals surface area contributed by atoms with E-state index in [1.807, 2.05) is 30.3 Å². The lowest BCUT2D eigenvalue weighted by atomic mass is 10.2. The number of carbonyl (C=O) groups is 2. The minimum absolute atomic E-state index is 0.219. The first-order valence-corrected chi connectivity index (χ1v) is 8.89. The molecule has 0 atom stereocenters. The van der Waals surface area contributed by atoms with Crippen LogP contribution in [0.2, 0.25) is 0 Å². The first kappa shape index (κ1) is 17.8. The van der Waals surface area contributed by atoms with Gasteiger partial charge in [0, 0.05) is 18.8 Å². The molecule has 4 rings (SSSR count). The van der Waals surface area contributed by atoms with Gasteiger partial charge in [0.05, 0.1) is 19.3 Å². The molecule has 7 nitrogen and oxygen atoms in total. The molecule has 0 unspecified atom stereocenters. The number of halogens is 1. The number of carbonyl (C=O) groups excluding carboxylic acids is 2. The van der Waals surface area contributed by atoms with Crippen LogP contribution in [0.3, 0.4) is 0 Å². The predicted octanol–water partition coefficient (Wildman–Crippen LogP) is 1.84. The summed E-state index contributed by atoms with van der Waals surface area (Å²) < 4.78 is 14.8. The second-order valence-corrected chi connectivity index (χ2v) is 6.55. The van der Waals surface area contributed by atoms with Crippen LogP contribution in [0.5, 0.6) is 0 Å². The molecule has 3 aromatic rings. The molecule has 2 amide bonds. The molecule has 1 saturated heterocycles. The van der Waals surface area contributed by atoms with Gasteiger partial charge in [-0.25, -0.2) is 9.07 Å². The van der Waals surface area contributed by atoms with Gasteiger partial charge in [0.1, 0.15) is 11.5 Å². The SMILES string of the molecule is O=C1C(=O)N(c2ccc(F)cc2)CCN1Cc1cn(Cc2ccccc2)nn1. The van der Waals surface area contributed by atoms with Crippen LogP contribution in [0, 0.1) is 5.82 Å². The minimum atomic E-state index is -0.630. The molecule has 8 heteroatoms. The fourth-order valence-electron chi connectivity index (χ4n) is 3.15. The van der Waals surface area contributed by atoms with Crippen molar-refractivity contribution in [1.29, 1.82) is 0 Å². The number of benzene rings is 2. The fourth-order valence-corrected chi connectivity index (χ4v) is 3.15. The Kier molecular flexibility index (Phi) is 4.84. The van der Waals surface area contributed by atoms with Gasteiger partial charge in [0.15, 0.2) is 0 Å². The zero-order chi connectivity index (χ0) is 19.5. The van der Waals surface area contributed by atoms with Crippen LogP contribution < -0.4 is 4.90 Å². The average Bonchev–Trinajstić information content (AvgIpc) is 3.14. The van der Waals surface area contributed by atoms with Crippen molar-refractivity contribution in [2.45, 2.75) is 13.1 Å². The summed E-state index contributed by atoms with van der Waals surface area (Å²) in [6.07, 6.45) is 1.77. The number of hydrogen-bond donors (Lipinski definition) is 0. The number of hydrogen-bond acceptors (Lipinski definition) is 4. The Labute approximate surface area is 161 Å². The zero-order valence-electron chi connectivity index (χ0n) is 15.0. The van der Waals surface area contributed by atoms with Gasteiger partial charge in [-0.3, -0.25) is 9.59 Å². The lowest BCUT2D eigenvalue weighted by Crippen LogP contribution is -2.54. The van der Waals surface area contributed by atoms with E-state index >= 15 is 0 Å². The third-order valence-corrected chi connectivity index (χ3v) is 4.57. The van der Waals surface area contributed by atoms with E-state index in [-0.39, 0.29) is 12.4 Å². The van der Waals surface area contributed by atoms with Crippen LogP contribution in [0.15, 0.2) is 60.8 Å². The van der Waals surface area contributed by atoms with Crippen LogP contribution in [-0.4, -0.2) is 44.8 Å². The normalized spacial score (nSPS) is 14.6. The maximum absolute atomic E-state index is 13.1. The molecule has 2 aromatic carbocycles. The third kappa shape index (κ3) is 3.75. The molecule has 1 aliphatic rings. The molecule has 0 saturated carbocycles. The van der Waals surface area contributed by atoms with Crippen LogP contribution in [0.1, 0.15) is 11.3 Å². The van der Waals surface area contributed by atoms with Crippen LogP contribution >= 0.6 is 0 Å². The van der Waals surface area contributed by atoms with E-state index in [0.29, 0.717) is 31.0 Å². The molecule has 1 aliphatic heterocycles. The van der Waals surface area contributed by atoms with Gasteiger partial charge >= 0.3 is 11.8 Å². The molecule has 0 bridgehead atoms. The van der Waals surface area contributed by atoms with Crippen molar-refractivity contribution < 1.29 is 14.0 Å². The number of amides is 2. The number of nitrogens with zero attached hydrogens (tertiary/aromatic N) is 5. The summed E-state index contributed by atoms with van der Waals surface area (Å²) >= 11 is 0. The van der Waals surface area contributed by atoms with Gasteiger partial charge in [-0.2, -0.15) is 0 Å². The summed E-state index contributed by atoms with van der Waals surface area (Å²) in [4.78, 5) is 27.8. The lowest BCUT2D eigenvalue weighted by molar-refractivity contribution is -0.146. The Hall–Kier alpha value is -3.55. The zero-order valence-corrected chi connectivity index (χ0v) is 15.0. The van der Waals surface area contributed by atoms with Crippen molar-refractivity contribution in [2.75, 3.05) is 18.0 Å². The maximum atomic E-state index is 13.1. The van der Waals surface area contributed by atoms with E-state index in [4.69, 9.17) is 0 Å². The van der Waals surface area contributed by atoms with E-state index < -0.39 is 11.8 Å². The highest BCUT2D eigenvalue weighted by Crippen LogP contribution is 2.19. The Morgan fingerprint density at radius 1 is 0.893 bits per heavy atom. The highest BCUT2D eigenvalue weighted by molar-refractivity contribution is 6.40. The van der Waals surface area contributed by atoms with Crippen molar-refractivity contribution in [1.82, 2.24) is 19.9 Å². The summed E-state index contributed by atoms with van der Waals surface area (Å²) in [6, 6.07) is 15.4. The number of rotatable bonds is 5. The van der Waals surface area contributed by atoms with E-state index in [1.165, 1.54) is 34.1 Å². The van der Waals surface area contributed by atoms with E-state index in [2.05, 4.69) is 10.3 Å². The molecule has 0 spiro atoms. The number of anilines is 1. The van der Waals surface area contributed by atoms with Crippen LogP contribution in [-0.2, 0) is 22.7 Å². The average molecular weight is 379 g/mol. The summed E-state index contributed by atoms with van der Waals surface area (Å²) in [5.41, 5.74) is 2.22. The molecule has 28 heavy (non-hydrogen) atoms. The Balaban J connectivity index is 1.40. The van der Waals surface area contributed by atoms with Crippen LogP contribution in [0.4, 0.5) is 10.1 Å². The van der Waals surface area contributed by atoms with Gasteiger partial charge in [-0.05, 0) is 29.8 Å². The summed E-state index contributed by atoms with van der Waals surface area (Å²) in [7, 11) is 0. The molecular weight excluding hydrogens is 361 g/mol. The summed E-state index contributed by atoms with van der Waals surface area (Å²) in [5, 5.41) is 8.19. The predicted molar refractivity (Wildman–Crippen MR) is 99.7 cm³/mol. The Morgan fingerprint density at radius 3 is 2.39 bits per heavy atom. The van der Waals surface area contributed by atoms with Crippen LogP contribution in [0.25, 0.3) is 0 Å².